The molecule has 5 rings (SSSR count). The van der Waals surface area contributed by atoms with E-state index < -0.39 is 112 Å². The molecule has 1 amide bonds. The number of Topliss-reactive ketones (excluding diaryl/α,β-unsaturated/α-hetero) is 1. The average Bonchev–Trinajstić information content (AvgIpc) is 3.19. The molecule has 17 heteroatoms. The number of aliphatic hydroxyl groups is 4. The lowest BCUT2D eigenvalue weighted by Crippen LogP contribution is -2.82. The van der Waals surface area contributed by atoms with Gasteiger partial charge in [0.2, 0.25) is 0 Å². The number of esters is 4. The molecule has 1 aromatic rings. The van der Waals surface area contributed by atoms with Crippen molar-refractivity contribution >= 4 is 46.7 Å². The Morgan fingerprint density at radius 3 is 2.23 bits per heavy atom. The minimum Gasteiger partial charge on any atom is -0.516 e. The van der Waals surface area contributed by atoms with Gasteiger partial charge in [-0.1, -0.05) is 63.7 Å². The summed E-state index contributed by atoms with van der Waals surface area (Å²) in [5.41, 5.74) is -7.47. The molecule has 16 nitrogen and oxygen atoms in total. The smallest absolute Gasteiger partial charge is 0.338 e. The number of aliphatic hydroxyl groups excluding tert-OH is 3. The molecule has 61 heavy (non-hydrogen) atoms. The number of ketones is 1. The maximum Gasteiger partial charge on any atom is 0.338 e. The van der Waals surface area contributed by atoms with Gasteiger partial charge in [-0.05, 0) is 61.6 Å². The Kier molecular flexibility index (Phi) is 14.1. The Balaban J connectivity index is 1.72. The van der Waals surface area contributed by atoms with Gasteiger partial charge in [-0.15, -0.1) is 0 Å². The van der Waals surface area contributed by atoms with Crippen molar-refractivity contribution in [3.05, 3.63) is 71.0 Å². The van der Waals surface area contributed by atoms with Crippen LogP contribution in [0.5, 0.6) is 0 Å². The predicted molar refractivity (Wildman–Crippen MR) is 220 cm³/mol. The van der Waals surface area contributed by atoms with E-state index in [-0.39, 0.29) is 41.2 Å². The number of thioether (sulfide) groups is 1. The molecule has 11 atom stereocenters. The third-order valence-corrected chi connectivity index (χ3v) is 14.0. The highest BCUT2D eigenvalue weighted by molar-refractivity contribution is 8.13. The van der Waals surface area contributed by atoms with Crippen molar-refractivity contribution in [2.24, 2.45) is 22.7 Å². The number of ether oxygens (including phenoxy) is 5. The van der Waals surface area contributed by atoms with Crippen LogP contribution in [-0.2, 0) is 42.9 Å². The molecular formula is C44H57NO15S. The Morgan fingerprint density at radius 2 is 1.67 bits per heavy atom. The highest BCUT2D eigenvalue weighted by atomic mass is 32.2. The molecular weight excluding hydrogens is 815 g/mol. The Morgan fingerprint density at radius 1 is 1.02 bits per heavy atom. The molecule has 2 saturated carbocycles. The van der Waals surface area contributed by atoms with Gasteiger partial charge in [0.05, 0.1) is 41.9 Å². The second-order valence-electron chi connectivity index (χ2n) is 17.5. The van der Waals surface area contributed by atoms with Crippen molar-refractivity contribution in [1.82, 2.24) is 5.32 Å². The first-order chi connectivity index (χ1) is 28.5. The van der Waals surface area contributed by atoms with Crippen molar-refractivity contribution in [2.45, 2.75) is 129 Å². The van der Waals surface area contributed by atoms with E-state index in [2.05, 4.69) is 5.32 Å². The largest absolute Gasteiger partial charge is 0.516 e. The second-order valence-corrected chi connectivity index (χ2v) is 18.5. The van der Waals surface area contributed by atoms with Crippen molar-refractivity contribution in [3.63, 3.8) is 0 Å². The molecule has 1 heterocycles. The van der Waals surface area contributed by atoms with Crippen LogP contribution in [0.3, 0.4) is 0 Å². The Hall–Kier alpha value is -4.55. The molecule has 0 spiro atoms. The molecule has 3 aliphatic carbocycles. The fraction of sp³-hybridized carbons (Fsp3) is 0.591. The molecule has 0 aromatic heterocycles. The monoisotopic (exact) mass is 871 g/mol. The molecule has 0 radical (unpaired) electrons. The van der Waals surface area contributed by atoms with Crippen molar-refractivity contribution in [2.75, 3.05) is 12.4 Å². The lowest BCUT2D eigenvalue weighted by Gasteiger charge is -2.67. The molecule has 1 aliphatic heterocycles. The van der Waals surface area contributed by atoms with Crippen LogP contribution in [0.1, 0.15) is 85.5 Å². The topological polar surface area (TPSA) is 242 Å². The van der Waals surface area contributed by atoms with E-state index in [1.54, 1.807) is 32.0 Å². The highest BCUT2D eigenvalue weighted by Crippen LogP contribution is 2.64. The summed E-state index contributed by atoms with van der Waals surface area (Å²) in [7, 11) is 0. The first-order valence-corrected chi connectivity index (χ1v) is 21.2. The zero-order chi connectivity index (χ0) is 45.4. The van der Waals surface area contributed by atoms with Gasteiger partial charge in [0.15, 0.2) is 23.6 Å². The van der Waals surface area contributed by atoms with Gasteiger partial charge < -0.3 is 49.4 Å². The summed E-state index contributed by atoms with van der Waals surface area (Å²) < 4.78 is 30.1. The van der Waals surface area contributed by atoms with Gasteiger partial charge >= 0.3 is 23.9 Å². The van der Waals surface area contributed by atoms with Gasteiger partial charge in [0, 0.05) is 37.9 Å². The van der Waals surface area contributed by atoms with Crippen LogP contribution in [0.25, 0.3) is 0 Å². The van der Waals surface area contributed by atoms with E-state index in [9.17, 15) is 44.4 Å². The van der Waals surface area contributed by atoms with Crippen LogP contribution in [0.4, 0.5) is 4.79 Å². The highest BCUT2D eigenvalue weighted by Gasteiger charge is 2.78. The normalized spacial score (nSPS) is 32.9. The van der Waals surface area contributed by atoms with Crippen LogP contribution in [0.2, 0.25) is 0 Å². The van der Waals surface area contributed by atoms with E-state index in [1.807, 2.05) is 13.8 Å². The molecule has 3 fully saturated rings. The average molecular weight is 872 g/mol. The van der Waals surface area contributed by atoms with Crippen LogP contribution < -0.4 is 5.32 Å². The predicted octanol–water partition coefficient (Wildman–Crippen LogP) is 4.05. The molecule has 334 valence electrons. The van der Waals surface area contributed by atoms with Gasteiger partial charge in [0.25, 0.3) is 5.24 Å². The first kappa shape index (κ1) is 47.5. The number of fused-ring (bicyclic) bond motifs is 5. The van der Waals surface area contributed by atoms with Gasteiger partial charge in [0.1, 0.15) is 23.9 Å². The summed E-state index contributed by atoms with van der Waals surface area (Å²) in [6, 6.07) is 6.43. The third kappa shape index (κ3) is 8.63. The summed E-state index contributed by atoms with van der Waals surface area (Å²) >= 11 is 0.938. The number of allylic oxidation sites excluding steroid dienone is 2. The van der Waals surface area contributed by atoms with Crippen molar-refractivity contribution in [3.8, 4) is 0 Å². The van der Waals surface area contributed by atoms with E-state index in [0.29, 0.717) is 5.75 Å². The number of carbonyl (C=O) groups excluding carboxylic acids is 6. The van der Waals surface area contributed by atoms with Gasteiger partial charge in [-0.2, -0.15) is 0 Å². The van der Waals surface area contributed by atoms with Gasteiger partial charge in [-0.3, -0.25) is 19.2 Å². The summed E-state index contributed by atoms with van der Waals surface area (Å²) in [5, 5.41) is 48.6. The molecule has 2 bridgehead atoms. The van der Waals surface area contributed by atoms with Crippen molar-refractivity contribution < 1.29 is 72.9 Å². The maximum atomic E-state index is 15.4. The molecule has 1 saturated heterocycles. The minimum atomic E-state index is -2.40. The number of carbonyl (C=O) groups is 6. The van der Waals surface area contributed by atoms with Crippen LogP contribution >= 0.6 is 11.8 Å². The second kappa shape index (κ2) is 18.0. The molecule has 4 aliphatic rings. The molecule has 1 aromatic carbocycles. The van der Waals surface area contributed by atoms with Crippen LogP contribution in [0, 0.1) is 22.7 Å². The number of hydrogen-bond acceptors (Lipinski definition) is 16. The quantitative estimate of drug-likeness (QED) is 0.0654. The Bertz CT molecular complexity index is 2000. The van der Waals surface area contributed by atoms with E-state index in [1.165, 1.54) is 45.1 Å². The van der Waals surface area contributed by atoms with E-state index >= 15 is 4.79 Å². The number of amides is 1. The van der Waals surface area contributed by atoms with Crippen LogP contribution in [-0.4, -0.2) is 122 Å². The van der Waals surface area contributed by atoms with E-state index in [4.69, 9.17) is 23.7 Å². The Labute approximate surface area is 359 Å². The summed E-state index contributed by atoms with van der Waals surface area (Å²) in [5.74, 6) is -5.76. The van der Waals surface area contributed by atoms with E-state index in [0.717, 1.165) is 31.9 Å². The third-order valence-electron chi connectivity index (χ3n) is 12.8. The molecule has 5 N–H and O–H groups in total. The summed E-state index contributed by atoms with van der Waals surface area (Å²) in [6.45, 7) is 13.2. The van der Waals surface area contributed by atoms with Gasteiger partial charge in [-0.25, -0.2) is 9.59 Å². The number of hydrogen-bond donors (Lipinski definition) is 5. The minimum absolute atomic E-state index is 0.0195. The number of benzene rings is 1. The fourth-order valence-corrected chi connectivity index (χ4v) is 10.2. The summed E-state index contributed by atoms with van der Waals surface area (Å²) in [6.07, 6.45) is -7.28. The van der Waals surface area contributed by atoms with Crippen LogP contribution in [0.15, 0.2) is 65.5 Å². The number of nitrogens with one attached hydrogen (secondary N) is 1. The lowest BCUT2D eigenvalue weighted by molar-refractivity contribution is -0.346. The number of rotatable bonds is 12. The summed E-state index contributed by atoms with van der Waals surface area (Å²) in [4.78, 5) is 82.7. The first-order valence-electron chi connectivity index (χ1n) is 20.2. The zero-order valence-corrected chi connectivity index (χ0v) is 36.6. The molecule has 0 unspecified atom stereocenters. The standard InChI is InChI=1S/C44H57NO15S/c1-22(2)20-61-40(54)45-32(23(3)14-13-17-46)33(50)39(53)58-28-19-44(55)37(59-38(52)27-15-11-10-12-16-27)35-42(9,29(49)18-30-43(35,21-56-30)60-26(6)48)36(51)34(57-25(5)47)31(24(28)4)41(44,7)8/h10-17,22,28-30,32-35,37,46,49-50,55H,18-21H2,1-9H3,(H,45,54)/b17-13-,23-14+/t28-,29-,30+,32-,33+,34+,35-,37-,42+,43-,44+/m0/s1. The maximum absolute atomic E-state index is 15.4. The lowest BCUT2D eigenvalue weighted by atomic mass is 9.44. The SMILES string of the molecule is CC(=O)O[C@H]1C(=O)[C@@]2(C)[C@H]([C@H](OC(=O)c3ccccc3)[C@]3(O)C[C@H](OC(=O)[C@H](O)[C@@H](NC(=O)SCC(C)C)/C(C)=C/C=C\O)C(C)=C1C3(C)C)[C@]1(OC(C)=O)CO[C@@H]1C[C@@H]2O. The van der Waals surface area contributed by atoms with Crippen molar-refractivity contribution in [1.29, 1.82) is 0 Å². The zero-order valence-electron chi connectivity index (χ0n) is 35.8. The fourth-order valence-electron chi connectivity index (χ4n) is 9.51.